The van der Waals surface area contributed by atoms with E-state index in [1.807, 2.05) is 60.7 Å². The monoisotopic (exact) mass is 388 g/mol. The van der Waals surface area contributed by atoms with Gasteiger partial charge in [0, 0.05) is 12.1 Å². The Balaban J connectivity index is 1.66. The van der Waals surface area contributed by atoms with Crippen LogP contribution < -0.4 is 5.32 Å². The fourth-order valence-corrected chi connectivity index (χ4v) is 3.90. The van der Waals surface area contributed by atoms with Gasteiger partial charge in [-0.15, -0.1) is 0 Å². The summed E-state index contributed by atoms with van der Waals surface area (Å²) in [4.78, 5) is 4.80. The molecule has 30 heavy (non-hydrogen) atoms. The molecule has 3 aromatic carbocycles. The van der Waals surface area contributed by atoms with E-state index in [-0.39, 0.29) is 0 Å². The van der Waals surface area contributed by atoms with E-state index in [0.29, 0.717) is 11.2 Å². The Labute approximate surface area is 175 Å². The zero-order chi connectivity index (χ0) is 20.3. The molecule has 0 bridgehead atoms. The molecule has 2 aromatic heterocycles. The highest BCUT2D eigenvalue weighted by molar-refractivity contribution is 5.89. The number of para-hydroxylation sites is 2. The summed E-state index contributed by atoms with van der Waals surface area (Å²) in [5.41, 5.74) is 6.33. The van der Waals surface area contributed by atoms with Gasteiger partial charge in [0.25, 0.3) is 0 Å². The maximum atomic E-state index is 9.99. The van der Waals surface area contributed by atoms with Crippen molar-refractivity contribution in [3.63, 3.8) is 0 Å². The number of hydrogen-bond donors (Lipinski definition) is 1. The molecule has 0 saturated heterocycles. The summed E-state index contributed by atoms with van der Waals surface area (Å²) < 4.78 is 2.06. The molecule has 144 valence electrons. The van der Waals surface area contributed by atoms with Gasteiger partial charge in [-0.1, -0.05) is 72.8 Å². The number of pyridine rings is 1. The third kappa shape index (κ3) is 3.17. The SMILES string of the molecule is N#Cc1c(-c2ccccc2)cc(NCCc2ccccc2)n2c1nc1ccccc12. The predicted molar refractivity (Wildman–Crippen MR) is 121 cm³/mol. The number of nitrogens with one attached hydrogen (secondary N) is 1. The molecule has 0 fully saturated rings. The Morgan fingerprint density at radius 2 is 1.57 bits per heavy atom. The van der Waals surface area contributed by atoms with E-state index in [1.165, 1.54) is 5.56 Å². The second kappa shape index (κ2) is 7.73. The van der Waals surface area contributed by atoms with Gasteiger partial charge in [-0.2, -0.15) is 5.26 Å². The minimum atomic E-state index is 0.589. The van der Waals surface area contributed by atoms with E-state index >= 15 is 0 Å². The highest BCUT2D eigenvalue weighted by atomic mass is 15.1. The summed E-state index contributed by atoms with van der Waals surface area (Å²) >= 11 is 0. The Morgan fingerprint density at radius 1 is 0.867 bits per heavy atom. The molecule has 4 heteroatoms. The van der Waals surface area contributed by atoms with Crippen LogP contribution in [0.2, 0.25) is 0 Å². The van der Waals surface area contributed by atoms with Crippen LogP contribution in [0.1, 0.15) is 11.1 Å². The zero-order valence-electron chi connectivity index (χ0n) is 16.4. The number of hydrogen-bond acceptors (Lipinski definition) is 3. The van der Waals surface area contributed by atoms with Gasteiger partial charge in [0.15, 0.2) is 5.65 Å². The first-order valence-corrected chi connectivity index (χ1v) is 10.0. The van der Waals surface area contributed by atoms with Gasteiger partial charge in [0.2, 0.25) is 0 Å². The molecule has 0 amide bonds. The van der Waals surface area contributed by atoms with Crippen LogP contribution in [0.4, 0.5) is 5.82 Å². The summed E-state index contributed by atoms with van der Waals surface area (Å²) in [7, 11) is 0. The number of nitrogens with zero attached hydrogens (tertiary/aromatic N) is 3. The van der Waals surface area contributed by atoms with Crippen LogP contribution in [-0.4, -0.2) is 15.9 Å². The maximum Gasteiger partial charge on any atom is 0.158 e. The normalized spacial score (nSPS) is 10.9. The van der Waals surface area contributed by atoms with E-state index in [2.05, 4.69) is 46.1 Å². The molecule has 2 heterocycles. The van der Waals surface area contributed by atoms with Crippen LogP contribution >= 0.6 is 0 Å². The summed E-state index contributed by atoms with van der Waals surface area (Å²) in [5.74, 6) is 0.937. The minimum absolute atomic E-state index is 0.589. The van der Waals surface area contributed by atoms with E-state index in [9.17, 15) is 5.26 Å². The van der Waals surface area contributed by atoms with Crippen molar-refractivity contribution < 1.29 is 0 Å². The van der Waals surface area contributed by atoms with Crippen LogP contribution in [-0.2, 0) is 6.42 Å². The fourth-order valence-electron chi connectivity index (χ4n) is 3.90. The number of fused-ring (bicyclic) bond motifs is 3. The Hall–Kier alpha value is -4.10. The average Bonchev–Trinajstić information content (AvgIpc) is 3.20. The van der Waals surface area contributed by atoms with Crippen molar-refractivity contribution in [1.82, 2.24) is 9.38 Å². The second-order valence-corrected chi connectivity index (χ2v) is 7.22. The molecule has 0 spiro atoms. The van der Waals surface area contributed by atoms with Crippen molar-refractivity contribution in [2.45, 2.75) is 6.42 Å². The number of imidazole rings is 1. The molecule has 0 saturated carbocycles. The fraction of sp³-hybridized carbons (Fsp3) is 0.0769. The first-order valence-electron chi connectivity index (χ1n) is 10.0. The van der Waals surface area contributed by atoms with Crippen LogP contribution in [0.5, 0.6) is 0 Å². The quantitative estimate of drug-likeness (QED) is 0.421. The van der Waals surface area contributed by atoms with Crippen LogP contribution in [0.15, 0.2) is 91.0 Å². The number of benzene rings is 3. The van der Waals surface area contributed by atoms with Crippen LogP contribution in [0, 0.1) is 11.3 Å². The molecule has 0 atom stereocenters. The van der Waals surface area contributed by atoms with Gasteiger partial charge in [0.05, 0.1) is 11.0 Å². The zero-order valence-corrected chi connectivity index (χ0v) is 16.4. The average molecular weight is 388 g/mol. The third-order valence-electron chi connectivity index (χ3n) is 5.33. The largest absolute Gasteiger partial charge is 0.371 e. The van der Waals surface area contributed by atoms with E-state index in [1.54, 1.807) is 0 Å². The van der Waals surface area contributed by atoms with Gasteiger partial charge in [-0.25, -0.2) is 4.98 Å². The lowest BCUT2D eigenvalue weighted by atomic mass is 10.0. The molecule has 0 unspecified atom stereocenters. The minimum Gasteiger partial charge on any atom is -0.371 e. The Bertz CT molecular complexity index is 1360. The smallest absolute Gasteiger partial charge is 0.158 e. The molecule has 0 aliphatic carbocycles. The van der Waals surface area contributed by atoms with Crippen molar-refractivity contribution in [3.8, 4) is 17.2 Å². The van der Waals surface area contributed by atoms with Gasteiger partial charge in [0.1, 0.15) is 17.5 Å². The van der Waals surface area contributed by atoms with Crippen molar-refractivity contribution in [2.24, 2.45) is 0 Å². The molecule has 1 N–H and O–H groups in total. The third-order valence-corrected chi connectivity index (χ3v) is 5.33. The lowest BCUT2D eigenvalue weighted by Gasteiger charge is -2.14. The van der Waals surface area contributed by atoms with Crippen LogP contribution in [0.25, 0.3) is 27.8 Å². The molecule has 0 aliphatic heterocycles. The molecule has 5 aromatic rings. The molecule has 4 nitrogen and oxygen atoms in total. The summed E-state index contributed by atoms with van der Waals surface area (Å²) in [6, 6.07) is 32.9. The van der Waals surface area contributed by atoms with Crippen molar-refractivity contribution in [2.75, 3.05) is 11.9 Å². The highest BCUT2D eigenvalue weighted by Gasteiger charge is 2.17. The topological polar surface area (TPSA) is 53.1 Å². The number of anilines is 1. The molecular formula is C26H20N4. The van der Waals surface area contributed by atoms with E-state index < -0.39 is 0 Å². The summed E-state index contributed by atoms with van der Waals surface area (Å²) in [6.07, 6.45) is 0.912. The van der Waals surface area contributed by atoms with Crippen LogP contribution in [0.3, 0.4) is 0 Å². The van der Waals surface area contributed by atoms with Gasteiger partial charge in [-0.3, -0.25) is 4.40 Å². The predicted octanol–water partition coefficient (Wildman–Crippen LogP) is 5.68. The van der Waals surface area contributed by atoms with Crippen molar-refractivity contribution >= 4 is 22.5 Å². The number of aromatic nitrogens is 2. The first kappa shape index (κ1) is 18.0. The van der Waals surface area contributed by atoms with Gasteiger partial charge < -0.3 is 5.32 Å². The Morgan fingerprint density at radius 3 is 2.33 bits per heavy atom. The highest BCUT2D eigenvalue weighted by Crippen LogP contribution is 2.32. The summed E-state index contributed by atoms with van der Waals surface area (Å²) in [6.45, 7) is 0.783. The molecule has 0 aliphatic rings. The van der Waals surface area contributed by atoms with Gasteiger partial charge >= 0.3 is 0 Å². The van der Waals surface area contributed by atoms with Gasteiger partial charge in [-0.05, 0) is 35.7 Å². The van der Waals surface area contributed by atoms with Crippen molar-refractivity contribution in [3.05, 3.63) is 102 Å². The number of nitriles is 1. The van der Waals surface area contributed by atoms with E-state index in [0.717, 1.165) is 40.9 Å². The number of rotatable bonds is 5. The molecule has 0 radical (unpaired) electrons. The lowest BCUT2D eigenvalue weighted by Crippen LogP contribution is -2.09. The molecule has 5 rings (SSSR count). The molecular weight excluding hydrogens is 368 g/mol. The maximum absolute atomic E-state index is 9.99. The lowest BCUT2D eigenvalue weighted by molar-refractivity contribution is 0.999. The second-order valence-electron chi connectivity index (χ2n) is 7.22. The van der Waals surface area contributed by atoms with Crippen molar-refractivity contribution in [1.29, 1.82) is 5.26 Å². The Kier molecular flexibility index (Phi) is 4.63. The first-order chi connectivity index (χ1) is 14.8. The summed E-state index contributed by atoms with van der Waals surface area (Å²) in [5, 5.41) is 13.6. The standard InChI is InChI=1S/C26H20N4/c27-18-22-21(20-11-5-2-6-12-20)17-25(28-16-15-19-9-3-1-4-10-19)30-24-14-8-7-13-23(24)29-26(22)30/h1-14,17,28H,15-16H2. The van der Waals surface area contributed by atoms with E-state index in [4.69, 9.17) is 4.98 Å².